The minimum atomic E-state index is -0.971. The second-order valence-electron chi connectivity index (χ2n) is 7.44. The summed E-state index contributed by atoms with van der Waals surface area (Å²) in [4.78, 5) is 50.0. The van der Waals surface area contributed by atoms with Gasteiger partial charge >= 0.3 is 12.0 Å². The van der Waals surface area contributed by atoms with Crippen LogP contribution >= 0.6 is 0 Å². The molecule has 3 amide bonds. The molecule has 1 aromatic heterocycles. The number of esters is 1. The molecule has 1 saturated heterocycles. The Bertz CT molecular complexity index is 805. The molecule has 28 heavy (non-hydrogen) atoms. The predicted octanol–water partition coefficient (Wildman–Crippen LogP) is 2.52. The summed E-state index contributed by atoms with van der Waals surface area (Å²) in [5.74, 6) is -1.55. The summed E-state index contributed by atoms with van der Waals surface area (Å²) >= 11 is 0. The predicted molar refractivity (Wildman–Crippen MR) is 103 cm³/mol. The lowest BCUT2D eigenvalue weighted by atomic mass is 9.93. The number of nitrogens with zero attached hydrogens (tertiary/aromatic N) is 2. The maximum Gasteiger partial charge on any atom is 0.326 e. The van der Waals surface area contributed by atoms with Crippen molar-refractivity contribution in [3.05, 3.63) is 23.0 Å². The van der Waals surface area contributed by atoms with E-state index in [4.69, 9.17) is 4.74 Å². The third-order valence-electron chi connectivity index (χ3n) is 5.41. The number of aryl methyl sites for hydroxylation is 1. The molecule has 0 saturated carbocycles. The van der Waals surface area contributed by atoms with Crippen molar-refractivity contribution in [2.45, 2.75) is 66.0 Å². The summed E-state index contributed by atoms with van der Waals surface area (Å²) in [5, 5.41) is 2.65. The van der Waals surface area contributed by atoms with E-state index < -0.39 is 36.6 Å². The van der Waals surface area contributed by atoms with E-state index in [1.165, 1.54) is 0 Å². The molecule has 0 atom stereocenters. The maximum absolute atomic E-state index is 12.5. The monoisotopic (exact) mass is 391 g/mol. The Hall–Kier alpha value is -2.64. The van der Waals surface area contributed by atoms with Crippen LogP contribution in [-0.4, -0.2) is 51.8 Å². The molecular formula is C20H29N3O5. The van der Waals surface area contributed by atoms with Gasteiger partial charge in [-0.15, -0.1) is 0 Å². The van der Waals surface area contributed by atoms with E-state index in [0.29, 0.717) is 18.4 Å². The van der Waals surface area contributed by atoms with Gasteiger partial charge in [0, 0.05) is 23.0 Å². The minimum absolute atomic E-state index is 0.209. The summed E-state index contributed by atoms with van der Waals surface area (Å²) in [5.41, 5.74) is 1.31. The van der Waals surface area contributed by atoms with E-state index in [0.717, 1.165) is 16.3 Å². The number of ether oxygens (including phenoxy) is 1. The number of carbonyl (C=O) groups excluding carboxylic acids is 4. The summed E-state index contributed by atoms with van der Waals surface area (Å²) in [7, 11) is 0. The van der Waals surface area contributed by atoms with Gasteiger partial charge in [0.1, 0.15) is 12.1 Å². The van der Waals surface area contributed by atoms with Gasteiger partial charge in [0.25, 0.3) is 5.91 Å². The third kappa shape index (κ3) is 3.81. The number of rotatable bonds is 8. The highest BCUT2D eigenvalue weighted by atomic mass is 16.5. The molecule has 1 fully saturated rings. The van der Waals surface area contributed by atoms with Crippen molar-refractivity contribution in [2.24, 2.45) is 0 Å². The Balaban J connectivity index is 2.00. The zero-order chi connectivity index (χ0) is 21.2. The summed E-state index contributed by atoms with van der Waals surface area (Å²) in [6, 6.07) is 1.37. The highest BCUT2D eigenvalue weighted by Crippen LogP contribution is 2.25. The molecule has 8 heteroatoms. The van der Waals surface area contributed by atoms with Gasteiger partial charge in [0.2, 0.25) is 5.78 Å². The fourth-order valence-corrected chi connectivity index (χ4v) is 3.80. The van der Waals surface area contributed by atoms with Crippen LogP contribution in [0, 0.1) is 13.8 Å². The lowest BCUT2D eigenvalue weighted by Gasteiger charge is -2.22. The molecule has 1 aliphatic heterocycles. The quantitative estimate of drug-likeness (QED) is 0.417. The van der Waals surface area contributed by atoms with Crippen LogP contribution in [0.4, 0.5) is 4.79 Å². The largest absolute Gasteiger partial charge is 0.456 e. The van der Waals surface area contributed by atoms with Crippen molar-refractivity contribution >= 4 is 23.7 Å². The number of urea groups is 1. The molecule has 1 N–H and O–H groups in total. The standard InChI is InChI=1S/C20H29N3O5/c1-7-20(8-2)18(26)22(19(27)21-20)10-17(25)28-11-16(24)15-9-13(5)23(12(3)4)14(15)6/h9,12H,7-8,10-11H2,1-6H3,(H,21,27). The Morgan fingerprint density at radius 2 is 1.79 bits per heavy atom. The lowest BCUT2D eigenvalue weighted by Crippen LogP contribution is -2.46. The van der Waals surface area contributed by atoms with Gasteiger partial charge < -0.3 is 14.6 Å². The highest BCUT2D eigenvalue weighted by molar-refractivity contribution is 6.08. The number of ketones is 1. The second-order valence-corrected chi connectivity index (χ2v) is 7.44. The molecule has 154 valence electrons. The minimum Gasteiger partial charge on any atom is -0.456 e. The molecule has 1 aromatic rings. The third-order valence-corrected chi connectivity index (χ3v) is 5.41. The summed E-state index contributed by atoms with van der Waals surface area (Å²) in [6.45, 7) is 10.5. The molecule has 0 bridgehead atoms. The van der Waals surface area contributed by atoms with Crippen molar-refractivity contribution < 1.29 is 23.9 Å². The van der Waals surface area contributed by atoms with Crippen molar-refractivity contribution in [1.29, 1.82) is 0 Å². The SMILES string of the molecule is CCC1(CC)NC(=O)N(CC(=O)OCC(=O)c2cc(C)n(C(C)C)c2C)C1=O. The van der Waals surface area contributed by atoms with Gasteiger partial charge in [-0.1, -0.05) is 13.8 Å². The highest BCUT2D eigenvalue weighted by Gasteiger charge is 2.49. The number of Topliss-reactive ketones (excluding diaryl/α,β-unsaturated/α-hetero) is 1. The van der Waals surface area contributed by atoms with E-state index in [1.54, 1.807) is 19.9 Å². The van der Waals surface area contributed by atoms with Crippen molar-refractivity contribution in [1.82, 2.24) is 14.8 Å². The van der Waals surface area contributed by atoms with E-state index in [-0.39, 0.29) is 11.8 Å². The first kappa shape index (κ1) is 21.7. The van der Waals surface area contributed by atoms with Crippen LogP contribution in [-0.2, 0) is 14.3 Å². The van der Waals surface area contributed by atoms with Crippen molar-refractivity contribution in [3.8, 4) is 0 Å². The van der Waals surface area contributed by atoms with Gasteiger partial charge in [-0.05, 0) is 46.6 Å². The van der Waals surface area contributed by atoms with Gasteiger partial charge in [-0.2, -0.15) is 0 Å². The molecule has 8 nitrogen and oxygen atoms in total. The number of aromatic nitrogens is 1. The van der Waals surface area contributed by atoms with Gasteiger partial charge in [-0.3, -0.25) is 19.3 Å². The number of nitrogens with one attached hydrogen (secondary N) is 1. The Morgan fingerprint density at radius 3 is 2.25 bits per heavy atom. The molecule has 2 rings (SSSR count). The topological polar surface area (TPSA) is 97.7 Å². The molecule has 0 aliphatic carbocycles. The average molecular weight is 391 g/mol. The van der Waals surface area contributed by atoms with E-state index >= 15 is 0 Å². The van der Waals surface area contributed by atoms with Crippen LogP contribution in [0.25, 0.3) is 0 Å². The van der Waals surface area contributed by atoms with Crippen LogP contribution < -0.4 is 5.32 Å². The summed E-state index contributed by atoms with van der Waals surface area (Å²) < 4.78 is 7.08. The van der Waals surface area contributed by atoms with Crippen LogP contribution in [0.1, 0.15) is 68.3 Å². The Labute approximate surface area is 165 Å². The molecule has 0 aromatic carbocycles. The zero-order valence-corrected chi connectivity index (χ0v) is 17.4. The number of imide groups is 1. The van der Waals surface area contributed by atoms with E-state index in [9.17, 15) is 19.2 Å². The first-order valence-electron chi connectivity index (χ1n) is 9.59. The molecule has 2 heterocycles. The van der Waals surface area contributed by atoms with Crippen LogP contribution in [0.15, 0.2) is 6.07 Å². The normalized spacial score (nSPS) is 15.9. The van der Waals surface area contributed by atoms with Gasteiger partial charge in [0.05, 0.1) is 0 Å². The Morgan fingerprint density at radius 1 is 1.18 bits per heavy atom. The average Bonchev–Trinajstić information content (AvgIpc) is 3.07. The van der Waals surface area contributed by atoms with Crippen LogP contribution in [0.2, 0.25) is 0 Å². The first-order chi connectivity index (χ1) is 13.1. The maximum atomic E-state index is 12.5. The lowest BCUT2D eigenvalue weighted by molar-refractivity contribution is -0.146. The molecular weight excluding hydrogens is 362 g/mol. The molecule has 0 spiro atoms. The number of carbonyl (C=O) groups is 4. The van der Waals surface area contributed by atoms with Crippen LogP contribution in [0.3, 0.4) is 0 Å². The van der Waals surface area contributed by atoms with Crippen molar-refractivity contribution in [2.75, 3.05) is 13.2 Å². The van der Waals surface area contributed by atoms with Gasteiger partial charge in [-0.25, -0.2) is 4.79 Å². The molecule has 1 aliphatic rings. The van der Waals surface area contributed by atoms with Gasteiger partial charge in [0.15, 0.2) is 6.61 Å². The smallest absolute Gasteiger partial charge is 0.326 e. The fraction of sp³-hybridized carbons (Fsp3) is 0.600. The first-order valence-corrected chi connectivity index (χ1v) is 9.59. The molecule has 0 radical (unpaired) electrons. The second kappa shape index (κ2) is 8.16. The van der Waals surface area contributed by atoms with Crippen LogP contribution in [0.5, 0.6) is 0 Å². The fourth-order valence-electron chi connectivity index (χ4n) is 3.80. The molecule has 0 unspecified atom stereocenters. The zero-order valence-electron chi connectivity index (χ0n) is 17.4. The summed E-state index contributed by atoms with van der Waals surface area (Å²) in [6.07, 6.45) is 0.868. The Kier molecular flexibility index (Phi) is 6.31. The van der Waals surface area contributed by atoms with Crippen molar-refractivity contribution in [3.63, 3.8) is 0 Å². The number of hydrogen-bond donors (Lipinski definition) is 1. The number of hydrogen-bond acceptors (Lipinski definition) is 5. The van der Waals surface area contributed by atoms with E-state index in [1.807, 2.05) is 32.3 Å². The van der Waals surface area contributed by atoms with E-state index in [2.05, 4.69) is 5.32 Å². The number of amides is 3.